The second-order valence-electron chi connectivity index (χ2n) is 9.62. The Balaban J connectivity index is 2.36. The molecular weight excluding hydrogens is 543 g/mol. The molecule has 0 saturated carbocycles. The highest BCUT2D eigenvalue weighted by Gasteiger charge is 2.29. The van der Waals surface area contributed by atoms with E-state index in [0.29, 0.717) is 74.3 Å². The van der Waals surface area contributed by atoms with Crippen LogP contribution in [0.5, 0.6) is 0 Å². The third kappa shape index (κ3) is 7.08. The summed E-state index contributed by atoms with van der Waals surface area (Å²) < 4.78 is 15.0. The summed E-state index contributed by atoms with van der Waals surface area (Å²) in [6, 6.07) is 1.52. The molecule has 0 spiro atoms. The smallest absolute Gasteiger partial charge is 0.219 e. The van der Waals surface area contributed by atoms with Crippen molar-refractivity contribution in [1.82, 2.24) is 20.2 Å². The van der Waals surface area contributed by atoms with Gasteiger partial charge in [-0.05, 0) is 62.3 Å². The van der Waals surface area contributed by atoms with E-state index >= 15 is 4.39 Å². The fourth-order valence-corrected chi connectivity index (χ4v) is 5.20. The van der Waals surface area contributed by atoms with Crippen LogP contribution in [0.4, 0.5) is 15.9 Å². The van der Waals surface area contributed by atoms with Gasteiger partial charge in [0.25, 0.3) is 0 Å². The van der Waals surface area contributed by atoms with Crippen molar-refractivity contribution in [2.45, 2.75) is 58.9 Å². The third-order valence-corrected chi connectivity index (χ3v) is 7.33. The van der Waals surface area contributed by atoms with Gasteiger partial charge >= 0.3 is 0 Å². The Hall–Kier alpha value is -3.85. The Morgan fingerprint density at radius 1 is 1.22 bits per heavy atom. The molecule has 1 atom stereocenters. The monoisotopic (exact) mass is 580 g/mol. The number of carbonyl (C=O) groups excluding carboxylic acids is 2. The lowest BCUT2D eigenvalue weighted by atomic mass is 10.0. The zero-order valence-electron chi connectivity index (χ0n) is 24.2. The van der Waals surface area contributed by atoms with Crippen LogP contribution < -0.4 is 10.2 Å². The predicted octanol–water partition coefficient (Wildman–Crippen LogP) is 5.97. The molecular formula is C31H38ClFN6O2. The minimum atomic E-state index is -0.403. The zero-order chi connectivity index (χ0) is 29.9. The summed E-state index contributed by atoms with van der Waals surface area (Å²) >= 11 is 6.82. The number of aryl methyl sites for hydroxylation is 2. The van der Waals surface area contributed by atoms with Crippen LogP contribution in [0.25, 0.3) is 5.57 Å². The molecule has 2 heterocycles. The average Bonchev–Trinajstić information content (AvgIpc) is 2.99. The van der Waals surface area contributed by atoms with E-state index in [2.05, 4.69) is 21.9 Å². The highest BCUT2D eigenvalue weighted by Crippen LogP contribution is 2.39. The van der Waals surface area contributed by atoms with Crippen LogP contribution in [0, 0.1) is 0 Å². The molecule has 2 aromatic rings. The second-order valence-corrected chi connectivity index (χ2v) is 10.0. The number of rotatable bonds is 14. The maximum Gasteiger partial charge on any atom is 0.219 e. The average molecular weight is 581 g/mol. The van der Waals surface area contributed by atoms with E-state index in [1.807, 2.05) is 25.7 Å². The SMILES string of the molecule is C=CCCN(/C(=N/C)c1cc(Cl)c(C2=CCCC=C2F)nc1N(C=O)c1c(CC)cncc1CC)C(C)CNC=O. The first-order valence-corrected chi connectivity index (χ1v) is 14.2. The molecule has 1 aliphatic rings. The number of carbonyl (C=O) groups is 2. The van der Waals surface area contributed by atoms with Gasteiger partial charge in [0.15, 0.2) is 5.82 Å². The van der Waals surface area contributed by atoms with Crippen LogP contribution in [0.2, 0.25) is 5.02 Å². The molecule has 218 valence electrons. The molecule has 1 N–H and O–H groups in total. The lowest BCUT2D eigenvalue weighted by Crippen LogP contribution is -2.45. The van der Waals surface area contributed by atoms with E-state index in [1.165, 1.54) is 11.0 Å². The van der Waals surface area contributed by atoms with Crippen LogP contribution in [-0.4, -0.2) is 59.7 Å². The van der Waals surface area contributed by atoms with E-state index in [9.17, 15) is 9.59 Å². The summed E-state index contributed by atoms with van der Waals surface area (Å²) in [5, 5.41) is 2.97. The number of amides is 2. The van der Waals surface area contributed by atoms with Crippen molar-refractivity contribution in [2.24, 2.45) is 4.99 Å². The highest BCUT2D eigenvalue weighted by atomic mass is 35.5. The van der Waals surface area contributed by atoms with Crippen molar-refractivity contribution < 1.29 is 14.0 Å². The molecule has 10 heteroatoms. The van der Waals surface area contributed by atoms with E-state index in [1.54, 1.807) is 37.7 Å². The van der Waals surface area contributed by atoms with Crippen LogP contribution in [0.15, 0.2) is 54.1 Å². The van der Waals surface area contributed by atoms with Gasteiger partial charge in [-0.15, -0.1) is 6.58 Å². The Kier molecular flexibility index (Phi) is 11.8. The van der Waals surface area contributed by atoms with Gasteiger partial charge in [-0.1, -0.05) is 37.6 Å². The molecule has 0 fully saturated rings. The summed E-state index contributed by atoms with van der Waals surface area (Å²) in [6.45, 7) is 10.7. The largest absolute Gasteiger partial charge is 0.357 e. The summed E-state index contributed by atoms with van der Waals surface area (Å²) in [5.41, 5.74) is 3.45. The summed E-state index contributed by atoms with van der Waals surface area (Å²) in [7, 11) is 1.65. The Morgan fingerprint density at radius 3 is 2.46 bits per heavy atom. The lowest BCUT2D eigenvalue weighted by molar-refractivity contribution is -0.109. The van der Waals surface area contributed by atoms with Crippen molar-refractivity contribution in [2.75, 3.05) is 25.0 Å². The van der Waals surface area contributed by atoms with Crippen molar-refractivity contribution >= 4 is 47.3 Å². The highest BCUT2D eigenvalue weighted by molar-refractivity contribution is 6.33. The van der Waals surface area contributed by atoms with Gasteiger partial charge in [0.2, 0.25) is 12.8 Å². The van der Waals surface area contributed by atoms with Gasteiger partial charge in [-0.3, -0.25) is 24.5 Å². The molecule has 0 bridgehead atoms. The molecule has 2 amide bonds. The van der Waals surface area contributed by atoms with Crippen molar-refractivity contribution in [3.63, 3.8) is 0 Å². The van der Waals surface area contributed by atoms with Crippen LogP contribution in [0.3, 0.4) is 0 Å². The van der Waals surface area contributed by atoms with E-state index in [4.69, 9.17) is 16.6 Å². The van der Waals surface area contributed by atoms with E-state index in [-0.39, 0.29) is 22.6 Å². The number of pyridine rings is 2. The van der Waals surface area contributed by atoms with Gasteiger partial charge in [-0.2, -0.15) is 0 Å². The first-order valence-electron chi connectivity index (χ1n) is 13.9. The standard InChI is InChI=1S/C31H38ClFN6O2/c1-6-9-14-38(21(4)16-36-19-40)30(34-5)25-15-26(32)28(24-12-10-11-13-27(24)33)37-31(25)39(20-41)29-22(7-2)17-35-18-23(29)8-3/h6,12-13,15,17-21H,1,7-11,14,16H2,2-5H3,(H,36,40)/b34-30+. The number of amidine groups is 1. The molecule has 0 aromatic carbocycles. The normalized spacial score (nSPS) is 14.0. The quantitative estimate of drug-likeness (QED) is 0.129. The van der Waals surface area contributed by atoms with Crippen LogP contribution >= 0.6 is 11.6 Å². The van der Waals surface area contributed by atoms with Gasteiger partial charge in [0.05, 0.1) is 22.0 Å². The number of nitrogens with zero attached hydrogens (tertiary/aromatic N) is 5. The molecule has 0 saturated heterocycles. The minimum absolute atomic E-state index is 0.172. The molecule has 3 rings (SSSR count). The third-order valence-electron chi connectivity index (χ3n) is 7.04. The van der Waals surface area contributed by atoms with E-state index < -0.39 is 5.83 Å². The molecule has 8 nitrogen and oxygen atoms in total. The van der Waals surface area contributed by atoms with Crippen molar-refractivity contribution in [1.29, 1.82) is 0 Å². The number of anilines is 2. The topological polar surface area (TPSA) is 90.8 Å². The van der Waals surface area contributed by atoms with Crippen LogP contribution in [-0.2, 0) is 22.4 Å². The van der Waals surface area contributed by atoms with Gasteiger partial charge in [0, 0.05) is 44.1 Å². The van der Waals surface area contributed by atoms with Crippen molar-refractivity contribution in [3.05, 3.63) is 76.5 Å². The number of hydrogen-bond donors (Lipinski definition) is 1. The number of halogens is 2. The predicted molar refractivity (Wildman–Crippen MR) is 164 cm³/mol. The zero-order valence-corrected chi connectivity index (χ0v) is 24.9. The first kappa shape index (κ1) is 31.7. The van der Waals surface area contributed by atoms with Gasteiger partial charge in [0.1, 0.15) is 11.7 Å². The molecule has 1 unspecified atom stereocenters. The second kappa shape index (κ2) is 15.2. The minimum Gasteiger partial charge on any atom is -0.357 e. The molecule has 0 radical (unpaired) electrons. The van der Waals surface area contributed by atoms with E-state index in [0.717, 1.165) is 17.5 Å². The summed E-state index contributed by atoms with van der Waals surface area (Å²) in [4.78, 5) is 41.5. The number of allylic oxidation sites excluding steroid dienone is 4. The summed E-state index contributed by atoms with van der Waals surface area (Å²) in [6.07, 6.45) is 13.1. The fraction of sp³-hybridized carbons (Fsp3) is 0.387. The van der Waals surface area contributed by atoms with Crippen LogP contribution in [0.1, 0.15) is 62.4 Å². The maximum absolute atomic E-state index is 15.0. The maximum atomic E-state index is 15.0. The van der Waals surface area contributed by atoms with Crippen molar-refractivity contribution in [3.8, 4) is 0 Å². The number of aliphatic imine (C=N–C) groups is 1. The lowest BCUT2D eigenvalue weighted by Gasteiger charge is -2.34. The van der Waals surface area contributed by atoms with Gasteiger partial charge in [-0.25, -0.2) is 9.37 Å². The first-order chi connectivity index (χ1) is 19.9. The molecule has 0 aliphatic heterocycles. The molecule has 41 heavy (non-hydrogen) atoms. The Morgan fingerprint density at radius 2 is 1.90 bits per heavy atom. The molecule has 1 aliphatic carbocycles. The summed E-state index contributed by atoms with van der Waals surface area (Å²) in [5.74, 6) is 0.391. The fourth-order valence-electron chi connectivity index (χ4n) is 4.95. The van der Waals surface area contributed by atoms with Gasteiger partial charge < -0.3 is 10.2 Å². The number of nitrogens with one attached hydrogen (secondary N) is 1. The number of aromatic nitrogens is 2. The Bertz CT molecular complexity index is 1330. The molecule has 2 aromatic heterocycles. The Labute approximate surface area is 246 Å². The number of hydrogen-bond acceptors (Lipinski definition) is 5.